The minimum Gasteiger partial charge on any atom is -0.497 e. The maximum absolute atomic E-state index is 10.5. The first-order valence-corrected chi connectivity index (χ1v) is 6.29. The molecule has 98 valence electrons. The second kappa shape index (κ2) is 5.87. The Labute approximate surface area is 107 Å². The zero-order valence-electron chi connectivity index (χ0n) is 10.7. The molecule has 0 atom stereocenters. The number of aliphatic carboxylic acids is 1. The number of ether oxygens (including phenoxy) is 1. The van der Waals surface area contributed by atoms with Crippen LogP contribution in [-0.2, 0) is 17.8 Å². The van der Waals surface area contributed by atoms with E-state index >= 15 is 0 Å². The summed E-state index contributed by atoms with van der Waals surface area (Å²) in [6.45, 7) is 2.76. The number of fused-ring (bicyclic) bond motifs is 1. The van der Waals surface area contributed by atoms with Gasteiger partial charge in [-0.25, -0.2) is 0 Å². The monoisotopic (exact) mass is 249 g/mol. The Hall–Kier alpha value is -1.55. The highest BCUT2D eigenvalue weighted by atomic mass is 16.5. The molecule has 1 aromatic rings. The minimum absolute atomic E-state index is 0.251. The van der Waals surface area contributed by atoms with E-state index in [2.05, 4.69) is 17.0 Å². The lowest BCUT2D eigenvalue weighted by Crippen LogP contribution is -2.31. The van der Waals surface area contributed by atoms with Crippen molar-refractivity contribution in [1.29, 1.82) is 0 Å². The van der Waals surface area contributed by atoms with E-state index in [1.807, 2.05) is 6.07 Å². The molecule has 1 aromatic carbocycles. The molecule has 0 amide bonds. The molecule has 0 aromatic heterocycles. The number of carboxylic acid groups (broad SMARTS) is 1. The normalized spacial score (nSPS) is 15.2. The van der Waals surface area contributed by atoms with Crippen molar-refractivity contribution >= 4 is 5.97 Å². The van der Waals surface area contributed by atoms with E-state index in [1.165, 1.54) is 11.1 Å². The highest BCUT2D eigenvalue weighted by Crippen LogP contribution is 2.23. The lowest BCUT2D eigenvalue weighted by atomic mass is 9.99. The largest absolute Gasteiger partial charge is 0.497 e. The summed E-state index contributed by atoms with van der Waals surface area (Å²) in [5, 5.41) is 8.63. The fourth-order valence-corrected chi connectivity index (χ4v) is 2.36. The Kier molecular flexibility index (Phi) is 4.20. The zero-order valence-corrected chi connectivity index (χ0v) is 10.7. The maximum atomic E-state index is 10.5. The molecular formula is C14H19NO3. The van der Waals surface area contributed by atoms with Crippen LogP contribution in [0.15, 0.2) is 18.2 Å². The summed E-state index contributed by atoms with van der Waals surface area (Å²) in [7, 11) is 1.68. The van der Waals surface area contributed by atoms with E-state index in [0.717, 1.165) is 31.8 Å². The lowest BCUT2D eigenvalue weighted by molar-refractivity contribution is -0.137. The van der Waals surface area contributed by atoms with E-state index in [1.54, 1.807) is 7.11 Å². The number of hydrogen-bond acceptors (Lipinski definition) is 3. The van der Waals surface area contributed by atoms with Gasteiger partial charge in [-0.15, -0.1) is 0 Å². The predicted octanol–water partition coefficient (Wildman–Crippen LogP) is 1.92. The van der Waals surface area contributed by atoms with Gasteiger partial charge in [0.25, 0.3) is 0 Å². The van der Waals surface area contributed by atoms with E-state index in [4.69, 9.17) is 9.84 Å². The summed E-state index contributed by atoms with van der Waals surface area (Å²) in [4.78, 5) is 12.8. The molecular weight excluding hydrogens is 230 g/mol. The molecule has 0 radical (unpaired) electrons. The van der Waals surface area contributed by atoms with Gasteiger partial charge in [0.1, 0.15) is 5.75 Å². The molecule has 1 heterocycles. The topological polar surface area (TPSA) is 49.8 Å². The third kappa shape index (κ3) is 3.23. The number of nitrogens with zero attached hydrogens (tertiary/aromatic N) is 1. The van der Waals surface area contributed by atoms with Gasteiger partial charge in [0, 0.05) is 19.5 Å². The van der Waals surface area contributed by atoms with E-state index in [-0.39, 0.29) is 6.42 Å². The molecule has 0 aliphatic carbocycles. The van der Waals surface area contributed by atoms with Crippen molar-refractivity contribution in [2.75, 3.05) is 20.2 Å². The Morgan fingerprint density at radius 2 is 2.28 bits per heavy atom. The summed E-state index contributed by atoms with van der Waals surface area (Å²) in [6, 6.07) is 6.21. The van der Waals surface area contributed by atoms with Crippen LogP contribution < -0.4 is 4.74 Å². The number of carboxylic acids is 1. The smallest absolute Gasteiger partial charge is 0.303 e. The zero-order chi connectivity index (χ0) is 13.0. The van der Waals surface area contributed by atoms with Gasteiger partial charge in [0.15, 0.2) is 0 Å². The van der Waals surface area contributed by atoms with Gasteiger partial charge < -0.3 is 9.84 Å². The fourth-order valence-electron chi connectivity index (χ4n) is 2.36. The summed E-state index contributed by atoms with van der Waals surface area (Å²) in [5.41, 5.74) is 2.68. The molecule has 2 rings (SSSR count). The summed E-state index contributed by atoms with van der Waals surface area (Å²) >= 11 is 0. The number of methoxy groups -OCH3 is 1. The molecule has 4 nitrogen and oxygen atoms in total. The lowest BCUT2D eigenvalue weighted by Gasteiger charge is -2.28. The van der Waals surface area contributed by atoms with Crippen LogP contribution >= 0.6 is 0 Å². The minimum atomic E-state index is -0.714. The van der Waals surface area contributed by atoms with Gasteiger partial charge in [-0.05, 0) is 42.6 Å². The molecule has 0 bridgehead atoms. The Morgan fingerprint density at radius 3 is 3.00 bits per heavy atom. The Morgan fingerprint density at radius 1 is 1.44 bits per heavy atom. The van der Waals surface area contributed by atoms with E-state index in [0.29, 0.717) is 6.42 Å². The van der Waals surface area contributed by atoms with Crippen molar-refractivity contribution in [2.45, 2.75) is 25.8 Å². The van der Waals surface area contributed by atoms with Gasteiger partial charge in [-0.1, -0.05) is 6.07 Å². The maximum Gasteiger partial charge on any atom is 0.303 e. The average molecular weight is 249 g/mol. The summed E-state index contributed by atoms with van der Waals surface area (Å²) in [5.74, 6) is 0.176. The SMILES string of the molecule is COc1ccc2c(c1)CN(CCCC(=O)O)CC2. The predicted molar refractivity (Wildman–Crippen MR) is 68.8 cm³/mol. The van der Waals surface area contributed by atoms with E-state index in [9.17, 15) is 4.79 Å². The summed E-state index contributed by atoms with van der Waals surface area (Å²) in [6.07, 6.45) is 2.00. The number of benzene rings is 1. The molecule has 1 aliphatic heterocycles. The Bertz CT molecular complexity index is 431. The number of hydrogen-bond donors (Lipinski definition) is 1. The van der Waals surface area contributed by atoms with Crippen LogP contribution in [0.1, 0.15) is 24.0 Å². The number of rotatable bonds is 5. The molecule has 4 heteroatoms. The second-order valence-corrected chi connectivity index (χ2v) is 4.66. The first-order chi connectivity index (χ1) is 8.69. The standard InChI is InChI=1S/C14H19NO3/c1-18-13-5-4-11-6-8-15(10-12(11)9-13)7-2-3-14(16)17/h4-5,9H,2-3,6-8,10H2,1H3,(H,16,17). The third-order valence-corrected chi connectivity index (χ3v) is 3.37. The third-order valence-electron chi connectivity index (χ3n) is 3.37. The Balaban J connectivity index is 1.93. The molecule has 0 spiro atoms. The van der Waals surface area contributed by atoms with Crippen LogP contribution in [0.4, 0.5) is 0 Å². The molecule has 18 heavy (non-hydrogen) atoms. The average Bonchev–Trinajstić information content (AvgIpc) is 2.37. The first-order valence-electron chi connectivity index (χ1n) is 6.29. The molecule has 1 aliphatic rings. The highest BCUT2D eigenvalue weighted by molar-refractivity contribution is 5.66. The molecule has 1 N–H and O–H groups in total. The molecule has 0 unspecified atom stereocenters. The van der Waals surface area contributed by atoms with Crippen molar-refractivity contribution in [3.8, 4) is 5.75 Å². The van der Waals surface area contributed by atoms with Gasteiger partial charge >= 0.3 is 5.97 Å². The van der Waals surface area contributed by atoms with Gasteiger partial charge in [0.2, 0.25) is 0 Å². The van der Waals surface area contributed by atoms with E-state index < -0.39 is 5.97 Å². The van der Waals surface area contributed by atoms with Gasteiger partial charge in [0.05, 0.1) is 7.11 Å². The number of carbonyl (C=O) groups is 1. The van der Waals surface area contributed by atoms with Gasteiger partial charge in [-0.3, -0.25) is 9.69 Å². The van der Waals surface area contributed by atoms with Crippen LogP contribution in [0.2, 0.25) is 0 Å². The highest BCUT2D eigenvalue weighted by Gasteiger charge is 2.16. The van der Waals surface area contributed by atoms with Crippen LogP contribution in [-0.4, -0.2) is 36.2 Å². The van der Waals surface area contributed by atoms with Crippen molar-refractivity contribution < 1.29 is 14.6 Å². The van der Waals surface area contributed by atoms with Crippen LogP contribution in [0.25, 0.3) is 0 Å². The summed E-state index contributed by atoms with van der Waals surface area (Å²) < 4.78 is 5.23. The molecule has 0 saturated carbocycles. The van der Waals surface area contributed by atoms with Gasteiger partial charge in [-0.2, -0.15) is 0 Å². The fraction of sp³-hybridized carbons (Fsp3) is 0.500. The van der Waals surface area contributed by atoms with Crippen LogP contribution in [0.5, 0.6) is 5.75 Å². The van der Waals surface area contributed by atoms with Crippen molar-refractivity contribution in [3.63, 3.8) is 0 Å². The molecule has 0 saturated heterocycles. The molecule has 0 fully saturated rings. The quantitative estimate of drug-likeness (QED) is 0.866. The van der Waals surface area contributed by atoms with Crippen molar-refractivity contribution in [2.24, 2.45) is 0 Å². The van der Waals surface area contributed by atoms with Crippen LogP contribution in [0.3, 0.4) is 0 Å². The van der Waals surface area contributed by atoms with Crippen LogP contribution in [0, 0.1) is 0 Å². The van der Waals surface area contributed by atoms with Crippen molar-refractivity contribution in [1.82, 2.24) is 4.90 Å². The van der Waals surface area contributed by atoms with Crippen molar-refractivity contribution in [3.05, 3.63) is 29.3 Å². The second-order valence-electron chi connectivity index (χ2n) is 4.66. The first kappa shape index (κ1) is 12.9.